The molecule has 1 heterocycles. The predicted octanol–water partition coefficient (Wildman–Crippen LogP) is 2.34. The van der Waals surface area contributed by atoms with Crippen LogP contribution in [0.15, 0.2) is 29.2 Å². The molecule has 1 fully saturated rings. The zero-order valence-corrected chi connectivity index (χ0v) is 13.2. The average Bonchev–Trinajstić information content (AvgIpc) is 2.84. The highest BCUT2D eigenvalue weighted by Crippen LogP contribution is 2.28. The van der Waals surface area contributed by atoms with Gasteiger partial charge in [0.15, 0.2) is 9.84 Å². The quantitative estimate of drug-likeness (QED) is 0.837. The number of para-hydroxylation sites is 1. The van der Waals surface area contributed by atoms with Crippen molar-refractivity contribution in [1.82, 2.24) is 0 Å². The fourth-order valence-corrected chi connectivity index (χ4v) is 3.35. The minimum atomic E-state index is -3.20. The van der Waals surface area contributed by atoms with Crippen molar-refractivity contribution in [3.63, 3.8) is 0 Å². The molecule has 1 aliphatic rings. The van der Waals surface area contributed by atoms with Gasteiger partial charge in [0.1, 0.15) is 0 Å². The van der Waals surface area contributed by atoms with Gasteiger partial charge in [-0.2, -0.15) is 0 Å². The van der Waals surface area contributed by atoms with E-state index in [-0.39, 0.29) is 6.10 Å². The second-order valence-electron chi connectivity index (χ2n) is 5.82. The van der Waals surface area contributed by atoms with E-state index < -0.39 is 9.84 Å². The number of benzene rings is 1. The fraction of sp³-hybridized carbons (Fsp3) is 0.600. The summed E-state index contributed by atoms with van der Waals surface area (Å²) < 4.78 is 29.5. The molecule has 0 aliphatic carbocycles. The molecule has 1 aromatic carbocycles. The van der Waals surface area contributed by atoms with Crippen molar-refractivity contribution in [2.75, 3.05) is 30.9 Å². The van der Waals surface area contributed by atoms with Crippen LogP contribution in [0.3, 0.4) is 0 Å². The van der Waals surface area contributed by atoms with Gasteiger partial charge >= 0.3 is 0 Å². The summed E-state index contributed by atoms with van der Waals surface area (Å²) in [6.45, 7) is 6.62. The molecule has 1 aliphatic heterocycles. The number of nitrogens with zero attached hydrogens (tertiary/aromatic N) is 1. The zero-order valence-electron chi connectivity index (χ0n) is 12.4. The highest BCUT2D eigenvalue weighted by Gasteiger charge is 2.26. The molecule has 112 valence electrons. The van der Waals surface area contributed by atoms with Crippen molar-refractivity contribution < 1.29 is 13.2 Å². The van der Waals surface area contributed by atoms with Crippen LogP contribution in [0.1, 0.15) is 20.3 Å². The van der Waals surface area contributed by atoms with E-state index in [1.54, 1.807) is 12.1 Å². The predicted molar refractivity (Wildman–Crippen MR) is 81.0 cm³/mol. The van der Waals surface area contributed by atoms with Crippen molar-refractivity contribution in [1.29, 1.82) is 0 Å². The van der Waals surface area contributed by atoms with E-state index in [4.69, 9.17) is 4.74 Å². The smallest absolute Gasteiger partial charge is 0.177 e. The Labute approximate surface area is 121 Å². The maximum Gasteiger partial charge on any atom is 0.177 e. The van der Waals surface area contributed by atoms with Gasteiger partial charge in [0, 0.05) is 26.0 Å². The van der Waals surface area contributed by atoms with E-state index in [1.807, 2.05) is 12.1 Å². The lowest BCUT2D eigenvalue weighted by Gasteiger charge is -2.21. The summed E-state index contributed by atoms with van der Waals surface area (Å²) >= 11 is 0. The number of ether oxygens (including phenoxy) is 1. The van der Waals surface area contributed by atoms with Crippen molar-refractivity contribution in [2.24, 2.45) is 5.92 Å². The normalized spacial score (nSPS) is 19.8. The molecule has 1 aromatic rings. The Kier molecular flexibility index (Phi) is 4.70. The van der Waals surface area contributed by atoms with Crippen LogP contribution in [0.2, 0.25) is 0 Å². The van der Waals surface area contributed by atoms with Gasteiger partial charge in [0.2, 0.25) is 0 Å². The van der Waals surface area contributed by atoms with Gasteiger partial charge in [-0.3, -0.25) is 0 Å². The summed E-state index contributed by atoms with van der Waals surface area (Å²) in [6, 6.07) is 7.20. The second-order valence-corrected chi connectivity index (χ2v) is 7.81. The number of sulfone groups is 1. The third-order valence-corrected chi connectivity index (χ3v) is 4.56. The third kappa shape index (κ3) is 3.73. The summed E-state index contributed by atoms with van der Waals surface area (Å²) in [5.74, 6) is 0.521. The van der Waals surface area contributed by atoms with E-state index in [9.17, 15) is 8.42 Å². The van der Waals surface area contributed by atoms with Crippen LogP contribution >= 0.6 is 0 Å². The summed E-state index contributed by atoms with van der Waals surface area (Å²) in [5, 5.41) is 0. The largest absolute Gasteiger partial charge is 0.376 e. The molecule has 1 atom stereocenters. The highest BCUT2D eigenvalue weighted by molar-refractivity contribution is 7.90. The Bertz CT molecular complexity index is 554. The molecule has 4 nitrogen and oxygen atoms in total. The maximum atomic E-state index is 11.8. The minimum absolute atomic E-state index is 0.199. The standard InChI is InChI=1S/C15H23NO3S/c1-12(2)11-19-13-8-9-16(10-13)14-6-4-5-7-15(14)20(3,17)18/h4-7,12-13H,8-11H2,1-3H3. The first kappa shape index (κ1) is 15.3. The van der Waals surface area contributed by atoms with Gasteiger partial charge < -0.3 is 9.64 Å². The van der Waals surface area contributed by atoms with Gasteiger partial charge in [0.05, 0.1) is 16.7 Å². The lowest BCUT2D eigenvalue weighted by Crippen LogP contribution is -2.25. The summed E-state index contributed by atoms with van der Waals surface area (Å²) in [4.78, 5) is 2.52. The van der Waals surface area contributed by atoms with Crippen LogP contribution < -0.4 is 4.90 Å². The first-order valence-corrected chi connectivity index (χ1v) is 8.92. The van der Waals surface area contributed by atoms with Crippen molar-refractivity contribution >= 4 is 15.5 Å². The summed E-state index contributed by atoms with van der Waals surface area (Å²) in [6.07, 6.45) is 2.41. The monoisotopic (exact) mass is 297 g/mol. The van der Waals surface area contributed by atoms with Gasteiger partial charge in [0.25, 0.3) is 0 Å². The van der Waals surface area contributed by atoms with Crippen molar-refractivity contribution in [3.05, 3.63) is 24.3 Å². The molecule has 5 heteroatoms. The van der Waals surface area contributed by atoms with Crippen molar-refractivity contribution in [2.45, 2.75) is 31.3 Å². The van der Waals surface area contributed by atoms with E-state index >= 15 is 0 Å². The second kappa shape index (κ2) is 6.14. The van der Waals surface area contributed by atoms with E-state index in [1.165, 1.54) is 6.26 Å². The Morgan fingerprint density at radius 2 is 2.05 bits per heavy atom. The molecule has 0 bridgehead atoms. The Morgan fingerprint density at radius 1 is 1.35 bits per heavy atom. The fourth-order valence-electron chi connectivity index (χ4n) is 2.44. The Balaban J connectivity index is 2.11. The molecule has 0 aromatic heterocycles. The maximum absolute atomic E-state index is 11.8. The number of hydrogen-bond donors (Lipinski definition) is 0. The van der Waals surface area contributed by atoms with Gasteiger partial charge in [-0.05, 0) is 24.5 Å². The van der Waals surface area contributed by atoms with E-state index in [0.717, 1.165) is 31.8 Å². The SMILES string of the molecule is CC(C)COC1CCN(c2ccccc2S(C)(=O)=O)C1. The molecule has 1 saturated heterocycles. The molecule has 0 spiro atoms. The molecular weight excluding hydrogens is 274 g/mol. The van der Waals surface area contributed by atoms with Crippen LogP contribution in [0.5, 0.6) is 0 Å². The van der Waals surface area contributed by atoms with Crippen LogP contribution in [-0.4, -0.2) is 40.5 Å². The molecule has 1 unspecified atom stereocenters. The zero-order chi connectivity index (χ0) is 14.8. The van der Waals surface area contributed by atoms with Gasteiger partial charge in [-0.15, -0.1) is 0 Å². The Hall–Kier alpha value is -1.07. The Morgan fingerprint density at radius 3 is 2.70 bits per heavy atom. The first-order chi connectivity index (χ1) is 9.38. The molecule has 20 heavy (non-hydrogen) atoms. The van der Waals surface area contributed by atoms with E-state index in [2.05, 4.69) is 18.7 Å². The van der Waals surface area contributed by atoms with Crippen LogP contribution in [0, 0.1) is 5.92 Å². The molecule has 2 rings (SSSR count). The van der Waals surface area contributed by atoms with Gasteiger partial charge in [-0.1, -0.05) is 26.0 Å². The van der Waals surface area contributed by atoms with Crippen LogP contribution in [-0.2, 0) is 14.6 Å². The van der Waals surface area contributed by atoms with Crippen LogP contribution in [0.25, 0.3) is 0 Å². The minimum Gasteiger partial charge on any atom is -0.376 e. The lowest BCUT2D eigenvalue weighted by atomic mass is 10.2. The van der Waals surface area contributed by atoms with Gasteiger partial charge in [-0.25, -0.2) is 8.42 Å². The highest BCUT2D eigenvalue weighted by atomic mass is 32.2. The lowest BCUT2D eigenvalue weighted by molar-refractivity contribution is 0.0497. The number of rotatable bonds is 5. The molecule has 0 saturated carbocycles. The molecule has 0 radical (unpaired) electrons. The molecule has 0 amide bonds. The third-order valence-electron chi connectivity index (χ3n) is 3.42. The first-order valence-electron chi connectivity index (χ1n) is 7.03. The summed E-state index contributed by atoms with van der Waals surface area (Å²) in [5.41, 5.74) is 0.797. The van der Waals surface area contributed by atoms with E-state index in [0.29, 0.717) is 10.8 Å². The van der Waals surface area contributed by atoms with Crippen molar-refractivity contribution in [3.8, 4) is 0 Å². The number of anilines is 1. The molecular formula is C15H23NO3S. The average molecular weight is 297 g/mol. The summed E-state index contributed by atoms with van der Waals surface area (Å²) in [7, 11) is -3.20. The molecule has 0 N–H and O–H groups in total. The topological polar surface area (TPSA) is 46.6 Å². The number of hydrogen-bond acceptors (Lipinski definition) is 4. The van der Waals surface area contributed by atoms with Crippen LogP contribution in [0.4, 0.5) is 5.69 Å².